The van der Waals surface area contributed by atoms with E-state index in [9.17, 15) is 8.42 Å². The number of alkyl halides is 1. The molecule has 4 aliphatic rings. The van der Waals surface area contributed by atoms with Crippen molar-refractivity contribution in [1.29, 1.82) is 0 Å². The predicted molar refractivity (Wildman–Crippen MR) is 148 cm³/mol. The van der Waals surface area contributed by atoms with Gasteiger partial charge in [-0.05, 0) is 66.6 Å². The summed E-state index contributed by atoms with van der Waals surface area (Å²) in [6.07, 6.45) is 8.49. The molecule has 2 aromatic carbocycles. The summed E-state index contributed by atoms with van der Waals surface area (Å²) in [5.41, 5.74) is 8.08. The first-order valence-electron chi connectivity index (χ1n) is 12.3. The van der Waals surface area contributed by atoms with Gasteiger partial charge in [0.2, 0.25) is 0 Å². The number of halogens is 2. The third-order valence-electron chi connectivity index (χ3n) is 7.26. The van der Waals surface area contributed by atoms with Gasteiger partial charge in [0.05, 0.1) is 5.25 Å². The minimum atomic E-state index is -3.62. The summed E-state index contributed by atoms with van der Waals surface area (Å²) in [5.74, 6) is 1.32. The second-order valence-electron chi connectivity index (χ2n) is 9.79. The number of nitrogens with zero attached hydrogens (tertiary/aromatic N) is 3. The second-order valence-corrected chi connectivity index (χ2v) is 12.7. The normalized spacial score (nSPS) is 27.3. The minimum absolute atomic E-state index is 0.255. The van der Waals surface area contributed by atoms with E-state index in [1.165, 1.54) is 0 Å². The standard InChI is InChI=1S/C27H26Cl2N4O3S/c28-21-6-1-4-18(16-21)19-5-2-13-26(29,17-19)27(24-31-14-3-15-33(24)25(30)32-27)20-7-9-22(10-8-20)36-37(34,35)23-11-12-23/h1-2,4-10,13,16,23H,3,11-12,14-15,17H2,(H2,30,32). The number of nitrogens with two attached hydrogens (primary N) is 1. The summed E-state index contributed by atoms with van der Waals surface area (Å²) in [6, 6.07) is 14.6. The number of allylic oxidation sites excluding steroid dienone is 3. The van der Waals surface area contributed by atoms with Crippen LogP contribution in [0.2, 0.25) is 5.02 Å². The molecule has 2 atom stereocenters. The molecule has 0 aromatic heterocycles. The molecular weight excluding hydrogens is 531 g/mol. The van der Waals surface area contributed by atoms with Gasteiger partial charge in [-0.3, -0.25) is 9.89 Å². The van der Waals surface area contributed by atoms with Crippen LogP contribution in [-0.4, -0.2) is 48.3 Å². The summed E-state index contributed by atoms with van der Waals surface area (Å²) in [5, 5.41) is 0.226. The van der Waals surface area contributed by atoms with Crippen molar-refractivity contribution in [2.45, 2.75) is 41.3 Å². The molecule has 2 aliphatic heterocycles. The zero-order valence-electron chi connectivity index (χ0n) is 20.0. The van der Waals surface area contributed by atoms with Gasteiger partial charge < -0.3 is 9.92 Å². The van der Waals surface area contributed by atoms with Gasteiger partial charge in [-0.25, -0.2) is 4.99 Å². The average Bonchev–Trinajstić information content (AvgIpc) is 3.70. The fourth-order valence-electron chi connectivity index (χ4n) is 5.29. The molecule has 192 valence electrons. The molecule has 2 heterocycles. The van der Waals surface area contributed by atoms with Crippen molar-refractivity contribution < 1.29 is 12.6 Å². The average molecular weight is 558 g/mol. The Balaban J connectivity index is 1.44. The van der Waals surface area contributed by atoms with Crippen LogP contribution in [0.3, 0.4) is 0 Å². The first-order valence-corrected chi connectivity index (χ1v) is 14.5. The van der Waals surface area contributed by atoms with E-state index in [4.69, 9.17) is 43.1 Å². The first-order chi connectivity index (χ1) is 17.7. The van der Waals surface area contributed by atoms with Crippen molar-refractivity contribution in [2.75, 3.05) is 13.1 Å². The third kappa shape index (κ3) is 4.15. The molecule has 1 saturated carbocycles. The molecule has 2 aliphatic carbocycles. The molecule has 0 amide bonds. The summed E-state index contributed by atoms with van der Waals surface area (Å²) < 4.78 is 30.1. The van der Waals surface area contributed by atoms with E-state index >= 15 is 0 Å². The molecular formula is C27H26Cl2N4O3S. The fraction of sp³-hybridized carbons (Fsp3) is 0.333. The molecule has 10 heteroatoms. The third-order valence-corrected chi connectivity index (χ3v) is 9.74. The molecule has 2 aromatic rings. The SMILES string of the molecule is NC1=NC(c2ccc(OS(=O)(=O)C3CC3)cc2)(C2(Cl)C=CC=C(c3cccc(Cl)c3)C2)C2=NCCCN12. The van der Waals surface area contributed by atoms with Gasteiger partial charge in [-0.15, -0.1) is 11.6 Å². The van der Waals surface area contributed by atoms with Crippen molar-refractivity contribution in [3.63, 3.8) is 0 Å². The highest BCUT2D eigenvalue weighted by Gasteiger charge is 2.60. The summed E-state index contributed by atoms with van der Waals surface area (Å²) in [6.45, 7) is 1.34. The Bertz CT molecular complexity index is 1480. The summed E-state index contributed by atoms with van der Waals surface area (Å²) in [7, 11) is -3.62. The van der Waals surface area contributed by atoms with Crippen LogP contribution in [0, 0.1) is 0 Å². The van der Waals surface area contributed by atoms with Crippen molar-refractivity contribution in [3.8, 4) is 5.75 Å². The van der Waals surface area contributed by atoms with Gasteiger partial charge >= 0.3 is 10.1 Å². The summed E-state index contributed by atoms with van der Waals surface area (Å²) >= 11 is 13.9. The fourth-order valence-corrected chi connectivity index (χ4v) is 7.16. The van der Waals surface area contributed by atoms with Gasteiger partial charge in [-0.2, -0.15) is 8.42 Å². The van der Waals surface area contributed by atoms with Crippen LogP contribution in [0.25, 0.3) is 5.57 Å². The van der Waals surface area contributed by atoms with Crippen LogP contribution in [0.1, 0.15) is 36.8 Å². The highest BCUT2D eigenvalue weighted by atomic mass is 35.5. The lowest BCUT2D eigenvalue weighted by Crippen LogP contribution is -2.55. The number of fused-ring (bicyclic) bond motifs is 1. The van der Waals surface area contributed by atoms with Crippen LogP contribution in [0.4, 0.5) is 0 Å². The van der Waals surface area contributed by atoms with Crippen molar-refractivity contribution >= 4 is 50.7 Å². The number of guanidine groups is 1. The largest absolute Gasteiger partial charge is 0.382 e. The van der Waals surface area contributed by atoms with Crippen LogP contribution in [0.5, 0.6) is 5.75 Å². The molecule has 0 bridgehead atoms. The second kappa shape index (κ2) is 8.89. The van der Waals surface area contributed by atoms with E-state index in [-0.39, 0.29) is 5.75 Å². The number of aliphatic imine (C=N–C) groups is 2. The van der Waals surface area contributed by atoms with Crippen molar-refractivity contribution in [1.82, 2.24) is 4.90 Å². The lowest BCUT2D eigenvalue weighted by atomic mass is 9.71. The topological polar surface area (TPSA) is 97.3 Å². The molecule has 2 unspecified atom stereocenters. The zero-order valence-corrected chi connectivity index (χ0v) is 22.3. The first kappa shape index (κ1) is 24.5. The van der Waals surface area contributed by atoms with Crippen LogP contribution in [0.15, 0.2) is 76.7 Å². The Hall–Kier alpha value is -2.81. The number of amidine groups is 1. The van der Waals surface area contributed by atoms with Gasteiger partial charge in [0.1, 0.15) is 16.5 Å². The van der Waals surface area contributed by atoms with Gasteiger partial charge in [-0.1, -0.05) is 54.1 Å². The maximum atomic E-state index is 12.4. The molecule has 2 N–H and O–H groups in total. The molecule has 0 saturated heterocycles. The van der Waals surface area contributed by atoms with E-state index < -0.39 is 25.8 Å². The Kier molecular flexibility index (Phi) is 5.89. The minimum Gasteiger partial charge on any atom is -0.382 e. The maximum Gasteiger partial charge on any atom is 0.312 e. The van der Waals surface area contributed by atoms with E-state index in [0.717, 1.165) is 23.1 Å². The Morgan fingerprint density at radius 2 is 1.92 bits per heavy atom. The smallest absolute Gasteiger partial charge is 0.312 e. The maximum absolute atomic E-state index is 12.4. The van der Waals surface area contributed by atoms with Crippen LogP contribution in [-0.2, 0) is 15.7 Å². The quantitative estimate of drug-likeness (QED) is 0.404. The number of hydrogen-bond acceptors (Lipinski definition) is 7. The van der Waals surface area contributed by atoms with Gasteiger partial charge in [0.15, 0.2) is 11.5 Å². The van der Waals surface area contributed by atoms with E-state index in [1.807, 2.05) is 59.5 Å². The molecule has 1 fully saturated rings. The Morgan fingerprint density at radius 3 is 2.65 bits per heavy atom. The molecule has 6 rings (SSSR count). The van der Waals surface area contributed by atoms with Crippen molar-refractivity contribution in [3.05, 3.63) is 82.9 Å². The Labute approximate surface area is 226 Å². The van der Waals surface area contributed by atoms with Crippen molar-refractivity contribution in [2.24, 2.45) is 15.7 Å². The van der Waals surface area contributed by atoms with E-state index in [0.29, 0.717) is 49.2 Å². The highest BCUT2D eigenvalue weighted by molar-refractivity contribution is 7.88. The molecule has 37 heavy (non-hydrogen) atoms. The molecule has 0 radical (unpaired) electrons. The van der Waals surface area contributed by atoms with Crippen LogP contribution < -0.4 is 9.92 Å². The number of benzene rings is 2. The highest BCUT2D eigenvalue weighted by Crippen LogP contribution is 2.53. The van der Waals surface area contributed by atoms with Gasteiger partial charge in [0.25, 0.3) is 0 Å². The van der Waals surface area contributed by atoms with E-state index in [1.54, 1.807) is 12.1 Å². The molecule has 0 spiro atoms. The van der Waals surface area contributed by atoms with Crippen LogP contribution >= 0.6 is 23.2 Å². The van der Waals surface area contributed by atoms with Gasteiger partial charge in [0, 0.05) is 18.1 Å². The predicted octanol–water partition coefficient (Wildman–Crippen LogP) is 4.86. The number of hydrogen-bond donors (Lipinski definition) is 1. The Morgan fingerprint density at radius 1 is 1.14 bits per heavy atom. The lowest BCUT2D eigenvalue weighted by molar-refractivity contribution is 0.447. The lowest BCUT2D eigenvalue weighted by Gasteiger charge is -2.44. The zero-order chi connectivity index (χ0) is 25.8. The summed E-state index contributed by atoms with van der Waals surface area (Å²) in [4.78, 5) is 10.8. The number of rotatable bonds is 6. The van der Waals surface area contributed by atoms with E-state index in [2.05, 4.69) is 0 Å². The molecule has 7 nitrogen and oxygen atoms in total. The monoisotopic (exact) mass is 556 g/mol.